The molecule has 84 valence electrons. The summed E-state index contributed by atoms with van der Waals surface area (Å²) < 4.78 is 29.5. The molecule has 1 aliphatic heterocycles. The second-order valence-electron chi connectivity index (χ2n) is 3.31. The van der Waals surface area contributed by atoms with Gasteiger partial charge in [0.05, 0.1) is 18.5 Å². The van der Waals surface area contributed by atoms with E-state index >= 15 is 0 Å². The lowest BCUT2D eigenvalue weighted by Gasteiger charge is -2.15. The fraction of sp³-hybridized carbons (Fsp3) is 1.00. The Morgan fingerprint density at radius 2 is 2.29 bits per heavy atom. The van der Waals surface area contributed by atoms with Gasteiger partial charge in [0, 0.05) is 19.7 Å². The van der Waals surface area contributed by atoms with Gasteiger partial charge in [-0.25, -0.2) is 8.42 Å². The van der Waals surface area contributed by atoms with E-state index in [1.54, 1.807) is 0 Å². The molecule has 0 aliphatic carbocycles. The van der Waals surface area contributed by atoms with E-state index in [9.17, 15) is 13.5 Å². The molecule has 0 spiro atoms. The highest BCUT2D eigenvalue weighted by atomic mass is 32.2. The highest BCUT2D eigenvalue weighted by molar-refractivity contribution is 7.89. The molecule has 1 N–H and O–H groups in total. The zero-order valence-corrected chi connectivity index (χ0v) is 9.16. The summed E-state index contributed by atoms with van der Waals surface area (Å²) in [6, 6.07) is 0. The van der Waals surface area contributed by atoms with Gasteiger partial charge in [-0.15, -0.1) is 0 Å². The van der Waals surface area contributed by atoms with Crippen LogP contribution in [0.4, 0.5) is 0 Å². The summed E-state index contributed by atoms with van der Waals surface area (Å²) in [7, 11) is -3.22. The maximum absolute atomic E-state index is 11.6. The molecule has 14 heavy (non-hydrogen) atoms. The zero-order chi connectivity index (χ0) is 10.6. The Kier molecular flexibility index (Phi) is 4.31. The van der Waals surface area contributed by atoms with Gasteiger partial charge in [0.25, 0.3) is 0 Å². The minimum absolute atomic E-state index is 0.00750. The Bertz CT molecular complexity index is 265. The van der Waals surface area contributed by atoms with Crippen LogP contribution in [0.5, 0.6) is 0 Å². The Morgan fingerprint density at radius 1 is 1.57 bits per heavy atom. The van der Waals surface area contributed by atoms with Crippen LogP contribution < -0.4 is 0 Å². The van der Waals surface area contributed by atoms with Crippen molar-refractivity contribution in [3.8, 4) is 0 Å². The van der Waals surface area contributed by atoms with Crippen molar-refractivity contribution in [2.75, 3.05) is 32.1 Å². The Morgan fingerprint density at radius 3 is 2.79 bits per heavy atom. The second kappa shape index (κ2) is 5.06. The number of β-amino-alcohol motifs (C(OH)–C–C–N with tert-alkyl or cyclic N) is 1. The highest BCUT2D eigenvalue weighted by Crippen LogP contribution is 2.13. The lowest BCUT2D eigenvalue weighted by atomic mass is 10.3. The van der Waals surface area contributed by atoms with Gasteiger partial charge in [-0.3, -0.25) is 0 Å². The Balaban J connectivity index is 2.41. The molecule has 0 bridgehead atoms. The summed E-state index contributed by atoms with van der Waals surface area (Å²) in [6.07, 6.45) is 0.0327. The molecular weight excluding hydrogens is 206 g/mol. The van der Waals surface area contributed by atoms with E-state index in [1.807, 2.05) is 6.92 Å². The van der Waals surface area contributed by atoms with Crippen LogP contribution in [-0.4, -0.2) is 56.0 Å². The Labute approximate surface area is 84.7 Å². The number of nitrogens with zero attached hydrogens (tertiary/aromatic N) is 1. The SMILES string of the molecule is CCOCCS(=O)(=O)N1CCC(O)C1. The summed E-state index contributed by atoms with van der Waals surface area (Å²) in [5, 5.41) is 9.20. The lowest BCUT2D eigenvalue weighted by Crippen LogP contribution is -2.33. The standard InChI is InChI=1S/C8H17NO4S/c1-2-13-5-6-14(11,12)9-4-3-8(10)7-9/h8,10H,2-7H2,1H3. The summed E-state index contributed by atoms with van der Waals surface area (Å²) in [5.41, 5.74) is 0. The maximum atomic E-state index is 11.6. The third-order valence-corrected chi connectivity index (χ3v) is 4.01. The monoisotopic (exact) mass is 223 g/mol. The van der Waals surface area contributed by atoms with Crippen LogP contribution in [0.15, 0.2) is 0 Å². The molecule has 1 atom stereocenters. The molecule has 0 saturated carbocycles. The molecule has 0 amide bonds. The van der Waals surface area contributed by atoms with Crippen molar-refractivity contribution in [2.24, 2.45) is 0 Å². The molecule has 1 aliphatic rings. The van der Waals surface area contributed by atoms with Crippen LogP contribution in [0, 0.1) is 0 Å². The van der Waals surface area contributed by atoms with Gasteiger partial charge in [-0.2, -0.15) is 4.31 Å². The first-order chi connectivity index (χ1) is 6.56. The van der Waals surface area contributed by atoms with E-state index < -0.39 is 16.1 Å². The van der Waals surface area contributed by atoms with Crippen LogP contribution in [-0.2, 0) is 14.8 Å². The van der Waals surface area contributed by atoms with Crippen molar-refractivity contribution in [2.45, 2.75) is 19.4 Å². The molecule has 1 heterocycles. The van der Waals surface area contributed by atoms with E-state index in [2.05, 4.69) is 0 Å². The summed E-state index contributed by atoms with van der Waals surface area (Å²) in [6.45, 7) is 3.24. The van der Waals surface area contributed by atoms with Crippen LogP contribution in [0.3, 0.4) is 0 Å². The quantitative estimate of drug-likeness (QED) is 0.633. The first-order valence-electron chi connectivity index (χ1n) is 4.80. The molecular formula is C8H17NO4S. The fourth-order valence-corrected chi connectivity index (χ4v) is 2.77. The van der Waals surface area contributed by atoms with Gasteiger partial charge in [0.15, 0.2) is 0 Å². The molecule has 0 radical (unpaired) electrons. The third kappa shape index (κ3) is 3.20. The lowest BCUT2D eigenvalue weighted by molar-refractivity contribution is 0.162. The number of ether oxygens (including phenoxy) is 1. The van der Waals surface area contributed by atoms with Crippen molar-refractivity contribution < 1.29 is 18.3 Å². The van der Waals surface area contributed by atoms with Crippen LogP contribution in [0.2, 0.25) is 0 Å². The molecule has 0 aromatic rings. The topological polar surface area (TPSA) is 66.8 Å². The van der Waals surface area contributed by atoms with E-state index in [1.165, 1.54) is 4.31 Å². The number of hydrogen-bond acceptors (Lipinski definition) is 4. The summed E-state index contributed by atoms with van der Waals surface area (Å²) in [5.74, 6) is 0.00750. The molecule has 1 rings (SSSR count). The summed E-state index contributed by atoms with van der Waals surface area (Å²) >= 11 is 0. The number of rotatable bonds is 5. The second-order valence-corrected chi connectivity index (χ2v) is 5.40. The van der Waals surface area contributed by atoms with Crippen molar-refractivity contribution in [3.63, 3.8) is 0 Å². The molecule has 6 heteroatoms. The Hall–Kier alpha value is -0.170. The van der Waals surface area contributed by atoms with Gasteiger partial charge < -0.3 is 9.84 Å². The predicted molar refractivity (Wildman–Crippen MR) is 52.5 cm³/mol. The normalized spacial score (nSPS) is 24.3. The van der Waals surface area contributed by atoms with Gasteiger partial charge in [-0.1, -0.05) is 0 Å². The van der Waals surface area contributed by atoms with E-state index in [4.69, 9.17) is 4.74 Å². The van der Waals surface area contributed by atoms with Crippen LogP contribution >= 0.6 is 0 Å². The van der Waals surface area contributed by atoms with Crippen molar-refractivity contribution in [3.05, 3.63) is 0 Å². The van der Waals surface area contributed by atoms with Gasteiger partial charge in [0.1, 0.15) is 0 Å². The minimum atomic E-state index is -3.22. The smallest absolute Gasteiger partial charge is 0.216 e. The molecule has 0 aromatic carbocycles. The van der Waals surface area contributed by atoms with E-state index in [0.29, 0.717) is 19.6 Å². The van der Waals surface area contributed by atoms with Crippen LogP contribution in [0.1, 0.15) is 13.3 Å². The molecule has 1 unspecified atom stereocenters. The average molecular weight is 223 g/mol. The van der Waals surface area contributed by atoms with Crippen molar-refractivity contribution in [1.29, 1.82) is 0 Å². The van der Waals surface area contributed by atoms with E-state index in [-0.39, 0.29) is 18.9 Å². The third-order valence-electron chi connectivity index (χ3n) is 2.21. The van der Waals surface area contributed by atoms with Crippen molar-refractivity contribution in [1.82, 2.24) is 4.31 Å². The van der Waals surface area contributed by atoms with Crippen molar-refractivity contribution >= 4 is 10.0 Å². The van der Waals surface area contributed by atoms with Gasteiger partial charge in [0.2, 0.25) is 10.0 Å². The minimum Gasteiger partial charge on any atom is -0.392 e. The highest BCUT2D eigenvalue weighted by Gasteiger charge is 2.29. The van der Waals surface area contributed by atoms with Gasteiger partial charge in [-0.05, 0) is 13.3 Å². The number of hydrogen-bond donors (Lipinski definition) is 1. The number of aliphatic hydroxyl groups is 1. The maximum Gasteiger partial charge on any atom is 0.216 e. The first kappa shape index (κ1) is 11.9. The fourth-order valence-electron chi connectivity index (χ4n) is 1.40. The largest absolute Gasteiger partial charge is 0.392 e. The van der Waals surface area contributed by atoms with E-state index in [0.717, 1.165) is 0 Å². The molecule has 5 nitrogen and oxygen atoms in total. The molecule has 1 fully saturated rings. The molecule has 0 aromatic heterocycles. The summed E-state index contributed by atoms with van der Waals surface area (Å²) in [4.78, 5) is 0. The number of sulfonamides is 1. The van der Waals surface area contributed by atoms with Crippen LogP contribution in [0.25, 0.3) is 0 Å². The average Bonchev–Trinajstić information content (AvgIpc) is 2.53. The van der Waals surface area contributed by atoms with Gasteiger partial charge >= 0.3 is 0 Å². The predicted octanol–water partition coefficient (Wildman–Crippen LogP) is -0.581. The first-order valence-corrected chi connectivity index (χ1v) is 6.41. The molecule has 1 saturated heterocycles. The zero-order valence-electron chi connectivity index (χ0n) is 8.35. The number of aliphatic hydroxyl groups excluding tert-OH is 1.